The molecule has 0 radical (unpaired) electrons. The summed E-state index contributed by atoms with van der Waals surface area (Å²) in [6.07, 6.45) is 0. The molecular formula is C16H11N2O7S2-. The van der Waals surface area contributed by atoms with Crippen molar-refractivity contribution in [3.63, 3.8) is 0 Å². The zero-order valence-electron chi connectivity index (χ0n) is 13.3. The predicted molar refractivity (Wildman–Crippen MR) is 93.9 cm³/mol. The van der Waals surface area contributed by atoms with Crippen molar-refractivity contribution < 1.29 is 31.4 Å². The highest BCUT2D eigenvalue weighted by molar-refractivity contribution is 7.92. The summed E-state index contributed by atoms with van der Waals surface area (Å²) < 4.78 is 66.9. The lowest BCUT2D eigenvalue weighted by atomic mass is 10.1. The van der Waals surface area contributed by atoms with E-state index in [0.717, 1.165) is 12.1 Å². The fourth-order valence-electron chi connectivity index (χ4n) is 2.42. The molecule has 0 heterocycles. The summed E-state index contributed by atoms with van der Waals surface area (Å²) in [7, 11) is -9.95. The minimum Gasteiger partial charge on any atom is -0.612 e. The maximum atomic E-state index is 11.8. The summed E-state index contributed by atoms with van der Waals surface area (Å²) in [5.41, 5.74) is 0.0971. The smallest absolute Gasteiger partial charge is 0.295 e. The first-order chi connectivity index (χ1) is 12.6. The van der Waals surface area contributed by atoms with Gasteiger partial charge in [-0.2, -0.15) is 13.5 Å². The summed E-state index contributed by atoms with van der Waals surface area (Å²) in [6, 6.07) is 12.1. The van der Waals surface area contributed by atoms with E-state index in [2.05, 4.69) is 10.2 Å². The van der Waals surface area contributed by atoms with Gasteiger partial charge in [0, 0.05) is 28.0 Å². The van der Waals surface area contributed by atoms with E-state index in [1.54, 1.807) is 30.3 Å². The second-order valence-corrected chi connectivity index (χ2v) is 8.19. The van der Waals surface area contributed by atoms with Gasteiger partial charge in [0.05, 0.1) is 5.69 Å². The maximum absolute atomic E-state index is 11.8. The number of azo groups is 1. The van der Waals surface area contributed by atoms with Crippen molar-refractivity contribution >= 4 is 42.8 Å². The standard InChI is InChI=1S/C16H11N2O7S2/c19-13-7-6-10-8-12(26(20,21)22)9-14(27(23,24)25)15(10)16(13)18-17-11-4-2-1-3-5-11/h1-9H,(H2-2,17,19,20,21,22,23,24,25)/q-1. The molecule has 0 saturated carbocycles. The van der Waals surface area contributed by atoms with Crippen LogP contribution in [0.3, 0.4) is 0 Å². The van der Waals surface area contributed by atoms with Gasteiger partial charge in [-0.15, -0.1) is 9.32 Å². The van der Waals surface area contributed by atoms with E-state index in [-0.39, 0.29) is 16.5 Å². The van der Waals surface area contributed by atoms with E-state index in [1.807, 2.05) is 0 Å². The number of phenols is 1. The third-order valence-corrected chi connectivity index (χ3v) is 5.29. The Labute approximate surface area is 154 Å². The van der Waals surface area contributed by atoms with E-state index in [4.69, 9.17) is 0 Å². The molecule has 0 aliphatic carbocycles. The van der Waals surface area contributed by atoms with Gasteiger partial charge in [0.1, 0.15) is 16.3 Å². The van der Waals surface area contributed by atoms with E-state index in [9.17, 15) is 31.4 Å². The quantitative estimate of drug-likeness (QED) is 0.380. The molecule has 0 bridgehead atoms. The first-order valence-corrected chi connectivity index (χ1v) is 10.1. The van der Waals surface area contributed by atoms with Crippen LogP contribution in [0.4, 0.5) is 11.4 Å². The van der Waals surface area contributed by atoms with Gasteiger partial charge in [0.2, 0.25) is 0 Å². The van der Waals surface area contributed by atoms with Crippen molar-refractivity contribution in [1.82, 2.24) is 0 Å². The lowest BCUT2D eigenvalue weighted by Crippen LogP contribution is -2.10. The minimum absolute atomic E-state index is 0.0423. The van der Waals surface area contributed by atoms with Crippen LogP contribution in [0.2, 0.25) is 0 Å². The Morgan fingerprint density at radius 1 is 0.963 bits per heavy atom. The zero-order chi connectivity index (χ0) is 19.8. The van der Waals surface area contributed by atoms with Gasteiger partial charge in [-0.25, -0.2) is 0 Å². The molecule has 3 rings (SSSR count). The Kier molecular flexibility index (Phi) is 4.80. The Bertz CT molecular complexity index is 1200. The Balaban J connectivity index is 2.36. The van der Waals surface area contributed by atoms with Crippen LogP contribution in [0.15, 0.2) is 74.6 Å². The maximum Gasteiger partial charge on any atom is 0.295 e. The fraction of sp³-hybridized carbons (Fsp3) is 0. The number of hydrogen-bond acceptors (Lipinski definition) is 8. The van der Waals surface area contributed by atoms with E-state index >= 15 is 0 Å². The van der Waals surface area contributed by atoms with Gasteiger partial charge in [-0.05, 0) is 23.6 Å². The molecule has 140 valence electrons. The molecule has 0 saturated heterocycles. The van der Waals surface area contributed by atoms with Crippen LogP contribution in [-0.4, -0.2) is 27.2 Å². The van der Waals surface area contributed by atoms with Gasteiger partial charge in [-0.1, -0.05) is 24.3 Å². The third kappa shape index (κ3) is 4.02. The number of aromatic hydroxyl groups is 1. The molecule has 0 aliphatic rings. The summed E-state index contributed by atoms with van der Waals surface area (Å²) >= 11 is 0. The monoisotopic (exact) mass is 407 g/mol. The van der Waals surface area contributed by atoms with Crippen LogP contribution in [0.5, 0.6) is 5.75 Å². The molecular weight excluding hydrogens is 396 g/mol. The van der Waals surface area contributed by atoms with Crippen molar-refractivity contribution in [3.05, 3.63) is 54.6 Å². The average Bonchev–Trinajstić information content (AvgIpc) is 2.59. The first kappa shape index (κ1) is 19.1. The van der Waals surface area contributed by atoms with Crippen molar-refractivity contribution in [3.8, 4) is 5.75 Å². The molecule has 0 atom stereocenters. The molecule has 0 unspecified atom stereocenters. The number of hydrogen-bond donors (Lipinski definition) is 2. The normalized spacial score (nSPS) is 12.7. The van der Waals surface area contributed by atoms with E-state index in [1.165, 1.54) is 6.07 Å². The molecule has 9 nitrogen and oxygen atoms in total. The number of phenolic OH excluding ortho intramolecular Hbond substituents is 1. The van der Waals surface area contributed by atoms with Gasteiger partial charge in [-0.3, -0.25) is 4.55 Å². The number of fused-ring (bicyclic) bond motifs is 1. The molecule has 11 heteroatoms. The van der Waals surface area contributed by atoms with Crippen molar-refractivity contribution in [2.24, 2.45) is 10.2 Å². The van der Waals surface area contributed by atoms with Crippen LogP contribution in [-0.2, 0) is 24.8 Å². The molecule has 0 spiro atoms. The first-order valence-electron chi connectivity index (χ1n) is 7.27. The Morgan fingerprint density at radius 2 is 1.63 bits per heavy atom. The molecule has 27 heavy (non-hydrogen) atoms. The number of rotatable bonds is 4. The largest absolute Gasteiger partial charge is 0.612 e. The van der Waals surface area contributed by atoms with Crippen LogP contribution < -0.4 is 0 Å². The highest BCUT2D eigenvalue weighted by atomic mass is 32.3. The Morgan fingerprint density at radius 3 is 2.22 bits per heavy atom. The van der Waals surface area contributed by atoms with Crippen molar-refractivity contribution in [2.45, 2.75) is 9.79 Å². The molecule has 0 aliphatic heterocycles. The van der Waals surface area contributed by atoms with E-state index in [0.29, 0.717) is 11.8 Å². The van der Waals surface area contributed by atoms with Crippen molar-refractivity contribution in [1.29, 1.82) is 0 Å². The molecule has 0 fully saturated rings. The van der Waals surface area contributed by atoms with Gasteiger partial charge in [0.15, 0.2) is 4.90 Å². The summed E-state index contributed by atoms with van der Waals surface area (Å²) in [5.74, 6) is -0.454. The second kappa shape index (κ2) is 6.79. The minimum atomic E-state index is -5.00. The van der Waals surface area contributed by atoms with Crippen LogP contribution >= 0.6 is 0 Å². The predicted octanol–water partition coefficient (Wildman–Crippen LogP) is 3.33. The second-order valence-electron chi connectivity index (χ2n) is 5.42. The lowest BCUT2D eigenvalue weighted by molar-refractivity contribution is 0.370. The van der Waals surface area contributed by atoms with Gasteiger partial charge < -0.3 is 14.2 Å². The zero-order valence-corrected chi connectivity index (χ0v) is 15.0. The third-order valence-electron chi connectivity index (χ3n) is 3.59. The van der Waals surface area contributed by atoms with E-state index < -0.39 is 36.2 Å². The van der Waals surface area contributed by atoms with Gasteiger partial charge in [0.25, 0.3) is 10.1 Å². The number of benzene rings is 3. The van der Waals surface area contributed by atoms with Gasteiger partial charge >= 0.3 is 0 Å². The molecule has 0 aromatic heterocycles. The summed E-state index contributed by atoms with van der Waals surface area (Å²) in [4.78, 5) is -1.73. The lowest BCUT2D eigenvalue weighted by Gasteiger charge is -2.18. The molecule has 2 N–H and O–H groups in total. The highest BCUT2D eigenvalue weighted by Gasteiger charge is 2.23. The molecule has 3 aromatic carbocycles. The topological polar surface area (TPSA) is 163 Å². The SMILES string of the molecule is O=S(=O)(O)c1cc([S+](=O)([O-])[O-])cc2ccc(O)c(N=Nc3ccccc3)c12. The Hall–Kier alpha value is -2.70. The van der Waals surface area contributed by atoms with Crippen LogP contribution in [0, 0.1) is 0 Å². The van der Waals surface area contributed by atoms with Crippen LogP contribution in [0.25, 0.3) is 10.8 Å². The summed E-state index contributed by atoms with van der Waals surface area (Å²) in [5, 5.41) is 17.5. The fourth-order valence-corrected chi connectivity index (χ4v) is 3.78. The average molecular weight is 407 g/mol. The highest BCUT2D eigenvalue weighted by Crippen LogP contribution is 2.41. The molecule has 0 amide bonds. The number of nitrogens with zero attached hydrogens (tertiary/aromatic N) is 2. The molecule has 3 aromatic rings. The van der Waals surface area contributed by atoms with Crippen LogP contribution in [0.1, 0.15) is 0 Å². The van der Waals surface area contributed by atoms with Crippen molar-refractivity contribution in [2.75, 3.05) is 0 Å². The summed E-state index contributed by atoms with van der Waals surface area (Å²) in [6.45, 7) is 0.